The lowest BCUT2D eigenvalue weighted by molar-refractivity contribution is -0.148. The number of esters is 3. The fourth-order valence-corrected chi connectivity index (χ4v) is 21.6. The molecular formula is C66H105N3O13S2. The Kier molecular flexibility index (Phi) is 17.4. The molecule has 14 atom stereocenters. The van der Waals surface area contributed by atoms with E-state index in [1.165, 1.54) is 225 Å². The van der Waals surface area contributed by atoms with Gasteiger partial charge in [0.25, 0.3) is 20.2 Å². The van der Waals surface area contributed by atoms with Crippen LogP contribution < -0.4 is 5.32 Å². The summed E-state index contributed by atoms with van der Waals surface area (Å²) in [7, 11) is -6.33. The Morgan fingerprint density at radius 3 is 1.08 bits per heavy atom. The maximum absolute atomic E-state index is 12.8. The third-order valence-electron chi connectivity index (χ3n) is 26.6. The van der Waals surface area contributed by atoms with Gasteiger partial charge in [0.15, 0.2) is 0 Å². The van der Waals surface area contributed by atoms with Gasteiger partial charge in [0.05, 0.1) is 24.3 Å². The van der Waals surface area contributed by atoms with E-state index in [1.54, 1.807) is 0 Å². The average Bonchev–Trinajstić information content (AvgIpc) is 1.67. The number of fused-ring (bicyclic) bond motifs is 15. The molecule has 0 aromatic carbocycles. The highest BCUT2D eigenvalue weighted by Crippen LogP contribution is 2.78. The van der Waals surface area contributed by atoms with Gasteiger partial charge in [-0.3, -0.25) is 18.7 Å². The number of hydrogen-bond donors (Lipinski definition) is 4. The number of carbonyl (C=O) groups excluding carboxylic acids is 3. The summed E-state index contributed by atoms with van der Waals surface area (Å²) in [6.45, 7) is 13.3. The van der Waals surface area contributed by atoms with Crippen molar-refractivity contribution in [2.45, 2.75) is 211 Å². The van der Waals surface area contributed by atoms with Crippen LogP contribution in [0.25, 0.3) is 0 Å². The fraction of sp³-hybridized carbons (Fsp3) is 0.924. The highest BCUT2D eigenvalue weighted by Gasteiger charge is 2.72. The number of nitrogens with zero attached hydrogens (tertiary/aromatic N) is 2. The van der Waals surface area contributed by atoms with Crippen molar-refractivity contribution in [1.29, 1.82) is 0 Å². The van der Waals surface area contributed by atoms with Gasteiger partial charge in [-0.1, -0.05) is 6.58 Å². The molecular weight excluding hydrogens is 1110 g/mol. The fourth-order valence-electron chi connectivity index (χ4n) is 21.6. The standard InChI is InChI=1S/2C21H31NO2.C17H22O2.C4H9N.2CH4O3S.CH4O/c2*23-19-15(13-22-11-1-2-12-22)14-3-5-20(7-8-20)16-4-6-21(9-10-21)17(16)18(14)24-19;1-10-11-2-4-16(6-7-16)12-3-5-17(8-9-17)13(12)14(11)19-15(10)18;1-2-4-5-3-1;2*1-5(2,3)4;1-2/h2*14-18H,1-13H2;11-14H,1-9H2;5H,1-4H2;2*1H3,(H,2,3,4);2H,1H3/t2*14-,15-,16+,17-,18-;11-,12+,13-,14-;;;;/m000..../s1. The zero-order valence-corrected chi connectivity index (χ0v) is 52.9. The minimum absolute atomic E-state index is 0.0943. The molecule has 0 radical (unpaired) electrons. The summed E-state index contributed by atoms with van der Waals surface area (Å²) in [6.07, 6.45) is 43.7. The van der Waals surface area contributed by atoms with E-state index in [0.717, 1.165) is 61.8 Å². The molecule has 84 heavy (non-hydrogen) atoms. The molecule has 0 aromatic rings. The smallest absolute Gasteiger partial charge is 0.334 e. The van der Waals surface area contributed by atoms with Gasteiger partial charge in [0, 0.05) is 61.3 Å². The van der Waals surface area contributed by atoms with Gasteiger partial charge >= 0.3 is 17.9 Å². The molecule has 6 spiro atoms. The predicted molar refractivity (Wildman–Crippen MR) is 319 cm³/mol. The average molecular weight is 1210 g/mol. The second-order valence-electron chi connectivity index (χ2n) is 31.1. The first-order valence-corrected chi connectivity index (χ1v) is 37.5. The van der Waals surface area contributed by atoms with E-state index >= 15 is 0 Å². The number of rotatable bonds is 4. The molecule has 12 saturated carbocycles. The Labute approximate surface area is 503 Å². The number of carbonyl (C=O) groups is 3. The monoisotopic (exact) mass is 1210 g/mol. The summed E-state index contributed by atoms with van der Waals surface area (Å²) in [5, 5.41) is 10.2. The van der Waals surface area contributed by atoms with E-state index in [4.69, 9.17) is 28.4 Å². The molecule has 16 nitrogen and oxygen atoms in total. The van der Waals surface area contributed by atoms with Gasteiger partial charge in [-0.05, 0) is 282 Å². The van der Waals surface area contributed by atoms with E-state index in [9.17, 15) is 31.2 Å². The van der Waals surface area contributed by atoms with Crippen LogP contribution in [0.15, 0.2) is 12.2 Å². The van der Waals surface area contributed by atoms with Crippen LogP contribution in [-0.2, 0) is 48.8 Å². The van der Waals surface area contributed by atoms with E-state index in [1.807, 2.05) is 0 Å². The number of aliphatic hydroxyl groups excluding tert-OH is 1. The molecule has 18 fully saturated rings. The van der Waals surface area contributed by atoms with Crippen molar-refractivity contribution in [3.8, 4) is 0 Å². The zero-order chi connectivity index (χ0) is 59.2. The maximum atomic E-state index is 12.8. The first kappa shape index (κ1) is 62.0. The van der Waals surface area contributed by atoms with Gasteiger partial charge in [-0.2, -0.15) is 16.8 Å². The zero-order valence-electron chi connectivity index (χ0n) is 51.3. The molecule has 18 heteroatoms. The Hall–Kier alpha value is -2.19. The minimum atomic E-state index is -3.67. The van der Waals surface area contributed by atoms with Crippen molar-refractivity contribution in [3.05, 3.63) is 12.2 Å². The quantitative estimate of drug-likeness (QED) is 0.0889. The molecule has 0 bridgehead atoms. The third kappa shape index (κ3) is 12.5. The van der Waals surface area contributed by atoms with E-state index in [2.05, 4.69) is 21.7 Å². The molecule has 18 aliphatic rings. The molecule has 0 unspecified atom stereocenters. The molecule has 4 N–H and O–H groups in total. The topological polar surface area (TPSA) is 226 Å². The molecule has 474 valence electrons. The van der Waals surface area contributed by atoms with Crippen LogP contribution >= 0.6 is 0 Å². The van der Waals surface area contributed by atoms with Crippen molar-refractivity contribution < 1.29 is 59.6 Å². The van der Waals surface area contributed by atoms with Crippen LogP contribution in [0.2, 0.25) is 0 Å². The van der Waals surface area contributed by atoms with Crippen molar-refractivity contribution in [1.82, 2.24) is 15.1 Å². The molecule has 0 aromatic heterocycles. The SMILES string of the molecule is C1CCNC1.C=C1C(=O)O[C@@H]2[C@@H]3[C@@H](CCC34CC4)C3(CC[C@@H]12)CC3.CO.CS(=O)(=O)O.CS(=O)(=O)O.O=C1O[C@H]2[C@@H](CCC3(CC3)[C@@H]3CCC4(CC4)[C@H]23)[C@@H]1CN1CCCC1.O=C1O[C@H]2[C@@H](CCC3(CC3)[C@@H]3CCC4(CC4)[C@H]23)[C@@H]1CN1CCCC1. The van der Waals surface area contributed by atoms with Crippen LogP contribution in [0.3, 0.4) is 0 Å². The molecule has 6 saturated heterocycles. The second-order valence-corrected chi connectivity index (χ2v) is 34.0. The highest BCUT2D eigenvalue weighted by molar-refractivity contribution is 7.85. The molecule has 18 rings (SSSR count). The summed E-state index contributed by atoms with van der Waals surface area (Å²) in [5.74, 6) is 6.71. The van der Waals surface area contributed by atoms with Crippen LogP contribution in [0, 0.1) is 97.6 Å². The van der Waals surface area contributed by atoms with Crippen LogP contribution in [0.1, 0.15) is 193 Å². The Morgan fingerprint density at radius 1 is 0.464 bits per heavy atom. The summed E-state index contributed by atoms with van der Waals surface area (Å²) < 4.78 is 70.0. The molecule has 6 aliphatic heterocycles. The Morgan fingerprint density at radius 2 is 0.774 bits per heavy atom. The third-order valence-corrected chi connectivity index (χ3v) is 26.6. The number of aliphatic hydroxyl groups is 1. The maximum Gasteiger partial charge on any atom is 0.334 e. The van der Waals surface area contributed by atoms with Gasteiger partial charge in [-0.15, -0.1) is 0 Å². The molecule has 6 heterocycles. The lowest BCUT2D eigenvalue weighted by Gasteiger charge is -2.33. The molecule has 12 aliphatic carbocycles. The predicted octanol–water partition coefficient (Wildman–Crippen LogP) is 9.69. The largest absolute Gasteiger partial charge is 0.461 e. The number of likely N-dealkylation sites (tertiary alicyclic amines) is 2. The van der Waals surface area contributed by atoms with Gasteiger partial charge in [0.2, 0.25) is 0 Å². The van der Waals surface area contributed by atoms with Gasteiger partial charge in [0.1, 0.15) is 18.3 Å². The van der Waals surface area contributed by atoms with Crippen molar-refractivity contribution in [3.63, 3.8) is 0 Å². The summed E-state index contributed by atoms with van der Waals surface area (Å²) in [5.41, 5.74) is 4.53. The lowest BCUT2D eigenvalue weighted by Crippen LogP contribution is -2.37. The number of nitrogens with one attached hydrogen (secondary N) is 1. The Bertz CT molecular complexity index is 2510. The first-order valence-electron chi connectivity index (χ1n) is 33.8. The van der Waals surface area contributed by atoms with Crippen LogP contribution in [0.5, 0.6) is 0 Å². The van der Waals surface area contributed by atoms with Crippen LogP contribution in [0.4, 0.5) is 0 Å². The van der Waals surface area contributed by atoms with Crippen molar-refractivity contribution in [2.24, 2.45) is 97.6 Å². The second kappa shape index (κ2) is 23.6. The van der Waals surface area contributed by atoms with Crippen LogP contribution in [-0.4, -0.2) is 149 Å². The van der Waals surface area contributed by atoms with E-state index in [0.29, 0.717) is 68.7 Å². The van der Waals surface area contributed by atoms with E-state index < -0.39 is 20.2 Å². The van der Waals surface area contributed by atoms with Crippen molar-refractivity contribution >= 4 is 38.1 Å². The minimum Gasteiger partial charge on any atom is -0.461 e. The normalized spacial score (nSPS) is 40.8. The van der Waals surface area contributed by atoms with Gasteiger partial charge < -0.3 is 34.4 Å². The van der Waals surface area contributed by atoms with Crippen molar-refractivity contribution in [2.75, 3.05) is 72.0 Å². The summed E-state index contributed by atoms with van der Waals surface area (Å²) >= 11 is 0. The number of ether oxygens (including phenoxy) is 3. The lowest BCUT2D eigenvalue weighted by atomic mass is 9.73. The first-order chi connectivity index (χ1) is 40.1. The summed E-state index contributed by atoms with van der Waals surface area (Å²) in [4.78, 5) is 42.6. The Balaban J connectivity index is 0.000000109. The highest BCUT2D eigenvalue weighted by atomic mass is 32.2. The van der Waals surface area contributed by atoms with E-state index in [-0.39, 0.29) is 48.1 Å². The molecule has 0 amide bonds. The van der Waals surface area contributed by atoms with Gasteiger partial charge in [-0.25, -0.2) is 4.79 Å². The number of hydrogen-bond acceptors (Lipinski definition) is 14. The summed E-state index contributed by atoms with van der Waals surface area (Å²) in [6, 6.07) is 0.